The molecule has 0 aromatic heterocycles. The number of ether oxygens (including phenoxy) is 1. The quantitative estimate of drug-likeness (QED) is 0.746. The average Bonchev–Trinajstić information content (AvgIpc) is 2.80. The van der Waals surface area contributed by atoms with Gasteiger partial charge < -0.3 is 25.2 Å². The van der Waals surface area contributed by atoms with Crippen LogP contribution in [0.25, 0.3) is 0 Å². The molecule has 0 bridgehead atoms. The Hall–Kier alpha value is -3.55. The van der Waals surface area contributed by atoms with E-state index in [-0.39, 0.29) is 23.8 Å². The number of urea groups is 1. The summed E-state index contributed by atoms with van der Waals surface area (Å²) in [6.07, 6.45) is 0. The SMILES string of the molecule is COc1cccc(C(=O)N2CCN(C(=O)Nc3cc(NC(=O)C(C)C)ccc3C)CC2)c1. The van der Waals surface area contributed by atoms with E-state index < -0.39 is 0 Å². The molecule has 2 aromatic carbocycles. The minimum atomic E-state index is -0.228. The van der Waals surface area contributed by atoms with Gasteiger partial charge in [0.2, 0.25) is 5.91 Å². The second-order valence-corrected chi connectivity index (χ2v) is 8.12. The number of hydrogen-bond donors (Lipinski definition) is 2. The molecule has 0 spiro atoms. The van der Waals surface area contributed by atoms with Gasteiger partial charge in [0.25, 0.3) is 5.91 Å². The first kappa shape index (κ1) is 23.1. The second kappa shape index (κ2) is 10.2. The Bertz CT molecular complexity index is 997. The number of piperazine rings is 1. The Morgan fingerprint density at radius 1 is 0.938 bits per heavy atom. The summed E-state index contributed by atoms with van der Waals surface area (Å²) in [4.78, 5) is 41.0. The number of anilines is 2. The van der Waals surface area contributed by atoms with Gasteiger partial charge in [-0.1, -0.05) is 26.0 Å². The number of benzene rings is 2. The van der Waals surface area contributed by atoms with Crippen LogP contribution in [0.5, 0.6) is 5.75 Å². The molecule has 0 radical (unpaired) electrons. The highest BCUT2D eigenvalue weighted by atomic mass is 16.5. The fourth-order valence-corrected chi connectivity index (χ4v) is 3.37. The minimum absolute atomic E-state index is 0.0756. The van der Waals surface area contributed by atoms with Crippen LogP contribution in [0.2, 0.25) is 0 Å². The number of hydrogen-bond acceptors (Lipinski definition) is 4. The standard InChI is InChI=1S/C24H30N4O4/c1-16(2)22(29)25-19-9-8-17(3)21(15-19)26-24(31)28-12-10-27(11-13-28)23(30)18-6-5-7-20(14-18)32-4/h5-9,14-16H,10-13H2,1-4H3,(H,25,29)(H,26,31). The maximum atomic E-state index is 12.8. The fourth-order valence-electron chi connectivity index (χ4n) is 3.37. The zero-order valence-corrected chi connectivity index (χ0v) is 19.0. The first-order valence-electron chi connectivity index (χ1n) is 10.7. The van der Waals surface area contributed by atoms with Crippen LogP contribution < -0.4 is 15.4 Å². The molecule has 0 unspecified atom stereocenters. The molecular weight excluding hydrogens is 408 g/mol. The molecule has 0 atom stereocenters. The highest BCUT2D eigenvalue weighted by molar-refractivity contribution is 5.96. The van der Waals surface area contributed by atoms with Gasteiger partial charge in [0.05, 0.1) is 7.11 Å². The van der Waals surface area contributed by atoms with Crippen molar-refractivity contribution in [2.24, 2.45) is 5.92 Å². The van der Waals surface area contributed by atoms with Crippen LogP contribution >= 0.6 is 0 Å². The van der Waals surface area contributed by atoms with Crippen molar-refractivity contribution in [1.29, 1.82) is 0 Å². The van der Waals surface area contributed by atoms with Crippen LogP contribution in [-0.4, -0.2) is 60.9 Å². The normalized spacial score (nSPS) is 13.7. The third kappa shape index (κ3) is 5.57. The molecule has 1 fully saturated rings. The summed E-state index contributed by atoms with van der Waals surface area (Å²) < 4.78 is 5.19. The molecule has 1 heterocycles. The predicted molar refractivity (Wildman–Crippen MR) is 124 cm³/mol. The van der Waals surface area contributed by atoms with Crippen molar-refractivity contribution in [2.75, 3.05) is 43.9 Å². The van der Waals surface area contributed by atoms with E-state index in [4.69, 9.17) is 4.74 Å². The summed E-state index contributed by atoms with van der Waals surface area (Å²) in [6.45, 7) is 7.32. The molecule has 4 amide bonds. The van der Waals surface area contributed by atoms with E-state index in [1.807, 2.05) is 32.9 Å². The maximum Gasteiger partial charge on any atom is 0.321 e. The van der Waals surface area contributed by atoms with Crippen molar-refractivity contribution >= 4 is 29.2 Å². The van der Waals surface area contributed by atoms with Crippen LogP contribution in [0.1, 0.15) is 29.8 Å². The molecule has 3 rings (SSSR count). The molecule has 2 aromatic rings. The van der Waals surface area contributed by atoms with Crippen molar-refractivity contribution in [1.82, 2.24) is 9.80 Å². The number of nitrogens with one attached hydrogen (secondary N) is 2. The van der Waals surface area contributed by atoms with Crippen LogP contribution in [0.4, 0.5) is 16.2 Å². The largest absolute Gasteiger partial charge is 0.497 e. The molecule has 32 heavy (non-hydrogen) atoms. The van der Waals surface area contributed by atoms with E-state index in [0.29, 0.717) is 48.9 Å². The minimum Gasteiger partial charge on any atom is -0.497 e. The zero-order valence-electron chi connectivity index (χ0n) is 19.0. The lowest BCUT2D eigenvalue weighted by Gasteiger charge is -2.35. The number of aryl methyl sites for hydroxylation is 1. The lowest BCUT2D eigenvalue weighted by molar-refractivity contribution is -0.118. The number of carbonyl (C=O) groups is 3. The smallest absolute Gasteiger partial charge is 0.321 e. The molecule has 0 aliphatic carbocycles. The first-order chi connectivity index (χ1) is 15.3. The van der Waals surface area contributed by atoms with E-state index in [0.717, 1.165) is 5.56 Å². The molecule has 8 nitrogen and oxygen atoms in total. The Labute approximate surface area is 188 Å². The number of carbonyl (C=O) groups excluding carboxylic acids is 3. The van der Waals surface area contributed by atoms with E-state index in [9.17, 15) is 14.4 Å². The number of methoxy groups -OCH3 is 1. The average molecular weight is 439 g/mol. The molecule has 1 saturated heterocycles. The number of amides is 4. The summed E-state index contributed by atoms with van der Waals surface area (Å²) in [5, 5.41) is 5.78. The Morgan fingerprint density at radius 3 is 2.28 bits per heavy atom. The molecule has 170 valence electrons. The first-order valence-corrected chi connectivity index (χ1v) is 10.7. The van der Waals surface area contributed by atoms with Gasteiger partial charge in [-0.3, -0.25) is 9.59 Å². The van der Waals surface area contributed by atoms with Crippen molar-refractivity contribution in [3.8, 4) is 5.75 Å². The van der Waals surface area contributed by atoms with Crippen molar-refractivity contribution in [2.45, 2.75) is 20.8 Å². The third-order valence-corrected chi connectivity index (χ3v) is 5.44. The van der Waals surface area contributed by atoms with Gasteiger partial charge in [0.15, 0.2) is 0 Å². The molecule has 1 aliphatic heterocycles. The zero-order chi connectivity index (χ0) is 23.3. The van der Waals surface area contributed by atoms with Gasteiger partial charge in [0.1, 0.15) is 5.75 Å². The molecule has 0 saturated carbocycles. The Morgan fingerprint density at radius 2 is 1.62 bits per heavy atom. The van der Waals surface area contributed by atoms with E-state index in [1.165, 1.54) is 0 Å². The summed E-state index contributed by atoms with van der Waals surface area (Å²) in [5.41, 5.74) is 2.75. The lowest BCUT2D eigenvalue weighted by Crippen LogP contribution is -2.51. The van der Waals surface area contributed by atoms with Gasteiger partial charge >= 0.3 is 6.03 Å². The Balaban J connectivity index is 1.58. The van der Waals surface area contributed by atoms with Gasteiger partial charge in [-0.25, -0.2) is 4.79 Å². The summed E-state index contributed by atoms with van der Waals surface area (Å²) in [6, 6.07) is 12.3. The van der Waals surface area contributed by atoms with Gasteiger partial charge in [-0.2, -0.15) is 0 Å². The third-order valence-electron chi connectivity index (χ3n) is 5.44. The molecule has 1 aliphatic rings. The van der Waals surface area contributed by atoms with E-state index >= 15 is 0 Å². The number of rotatable bonds is 5. The van der Waals surface area contributed by atoms with E-state index in [1.54, 1.807) is 47.2 Å². The second-order valence-electron chi connectivity index (χ2n) is 8.12. The summed E-state index contributed by atoms with van der Waals surface area (Å²) >= 11 is 0. The van der Waals surface area contributed by atoms with Crippen LogP contribution in [0.15, 0.2) is 42.5 Å². The van der Waals surface area contributed by atoms with Crippen LogP contribution in [0, 0.1) is 12.8 Å². The maximum absolute atomic E-state index is 12.8. The Kier molecular flexibility index (Phi) is 7.35. The lowest BCUT2D eigenvalue weighted by atomic mass is 10.1. The highest BCUT2D eigenvalue weighted by Gasteiger charge is 2.25. The van der Waals surface area contributed by atoms with Crippen molar-refractivity contribution in [3.63, 3.8) is 0 Å². The molecular formula is C24H30N4O4. The molecule has 8 heteroatoms. The van der Waals surface area contributed by atoms with Crippen molar-refractivity contribution < 1.29 is 19.1 Å². The van der Waals surface area contributed by atoms with Gasteiger partial charge in [-0.15, -0.1) is 0 Å². The van der Waals surface area contributed by atoms with Gasteiger partial charge in [0, 0.05) is 49.0 Å². The highest BCUT2D eigenvalue weighted by Crippen LogP contribution is 2.22. The summed E-state index contributed by atoms with van der Waals surface area (Å²) in [5.74, 6) is 0.345. The van der Waals surface area contributed by atoms with Crippen LogP contribution in [0.3, 0.4) is 0 Å². The fraction of sp³-hybridized carbons (Fsp3) is 0.375. The van der Waals surface area contributed by atoms with Crippen LogP contribution in [-0.2, 0) is 4.79 Å². The summed E-state index contributed by atoms with van der Waals surface area (Å²) in [7, 11) is 1.57. The monoisotopic (exact) mass is 438 g/mol. The van der Waals surface area contributed by atoms with E-state index in [2.05, 4.69) is 10.6 Å². The van der Waals surface area contributed by atoms with Crippen molar-refractivity contribution in [3.05, 3.63) is 53.6 Å². The predicted octanol–water partition coefficient (Wildman–Crippen LogP) is 3.59. The van der Waals surface area contributed by atoms with Gasteiger partial charge in [-0.05, 0) is 42.8 Å². The number of nitrogens with zero attached hydrogens (tertiary/aromatic N) is 2. The molecule has 2 N–H and O–H groups in total. The topological polar surface area (TPSA) is 91.0 Å².